The summed E-state index contributed by atoms with van der Waals surface area (Å²) in [6, 6.07) is 20.0. The number of carbonyl (C=O) groups excluding carboxylic acids is 1. The van der Waals surface area contributed by atoms with Crippen molar-refractivity contribution >= 4 is 27.8 Å². The largest absolute Gasteiger partial charge is 0.494 e. The van der Waals surface area contributed by atoms with Crippen molar-refractivity contribution in [1.29, 1.82) is 0 Å². The van der Waals surface area contributed by atoms with E-state index in [9.17, 15) is 4.79 Å². The molecule has 0 amide bonds. The van der Waals surface area contributed by atoms with Crippen LogP contribution in [0.3, 0.4) is 0 Å². The fourth-order valence-electron chi connectivity index (χ4n) is 3.41. The van der Waals surface area contributed by atoms with E-state index in [1.54, 1.807) is 0 Å². The number of fused-ring (bicyclic) bond motifs is 2. The second-order valence-electron chi connectivity index (χ2n) is 7.17. The van der Waals surface area contributed by atoms with Gasteiger partial charge in [-0.3, -0.25) is 4.79 Å². The number of hydrogen-bond donors (Lipinski definition) is 0. The molecular weight excluding hydrogens is 378 g/mol. The van der Waals surface area contributed by atoms with E-state index in [0.717, 1.165) is 52.4 Å². The average Bonchev–Trinajstić information content (AvgIpc) is 3.20. The molecule has 0 aliphatic carbocycles. The van der Waals surface area contributed by atoms with Gasteiger partial charge in [-0.2, -0.15) is 0 Å². The third kappa shape index (κ3) is 4.79. The molecule has 154 valence electrons. The Balaban J connectivity index is 1.34. The fourth-order valence-corrected chi connectivity index (χ4v) is 3.41. The van der Waals surface area contributed by atoms with Crippen molar-refractivity contribution in [2.75, 3.05) is 13.2 Å². The van der Waals surface area contributed by atoms with E-state index in [-0.39, 0.29) is 5.97 Å². The van der Waals surface area contributed by atoms with Crippen LogP contribution >= 0.6 is 0 Å². The Kier molecular flexibility index (Phi) is 6.28. The van der Waals surface area contributed by atoms with Gasteiger partial charge in [-0.05, 0) is 73.4 Å². The molecule has 4 rings (SSSR count). The highest BCUT2D eigenvalue weighted by molar-refractivity contribution is 5.88. The molecule has 4 aromatic rings. The highest BCUT2D eigenvalue weighted by atomic mass is 16.5. The molecule has 0 radical (unpaired) electrons. The van der Waals surface area contributed by atoms with Gasteiger partial charge in [0.1, 0.15) is 11.3 Å². The van der Waals surface area contributed by atoms with Crippen LogP contribution in [0.2, 0.25) is 0 Å². The molecule has 0 N–H and O–H groups in total. The maximum Gasteiger partial charge on any atom is 0.305 e. The van der Waals surface area contributed by atoms with E-state index in [4.69, 9.17) is 13.9 Å². The predicted octanol–water partition coefficient (Wildman–Crippen LogP) is 6.15. The van der Waals surface area contributed by atoms with Crippen molar-refractivity contribution in [2.45, 2.75) is 32.6 Å². The third-order valence-corrected chi connectivity index (χ3v) is 4.95. The number of ether oxygens (including phenoxy) is 2. The number of aromatic nitrogens is 1. The number of para-hydroxylation sites is 2. The fraction of sp³-hybridized carbons (Fsp3) is 0.280. The van der Waals surface area contributed by atoms with E-state index in [1.165, 1.54) is 0 Å². The summed E-state index contributed by atoms with van der Waals surface area (Å²) in [7, 11) is 0. The minimum atomic E-state index is -0.120. The van der Waals surface area contributed by atoms with Crippen LogP contribution in [0.4, 0.5) is 0 Å². The summed E-state index contributed by atoms with van der Waals surface area (Å²) in [6.45, 7) is 2.90. The topological polar surface area (TPSA) is 61.6 Å². The first-order chi connectivity index (χ1) is 14.7. The molecule has 0 aliphatic heterocycles. The van der Waals surface area contributed by atoms with Crippen LogP contribution in [0.15, 0.2) is 65.1 Å². The number of carbonyl (C=O) groups is 1. The lowest BCUT2D eigenvalue weighted by Crippen LogP contribution is -2.04. The van der Waals surface area contributed by atoms with Crippen molar-refractivity contribution in [2.24, 2.45) is 0 Å². The zero-order valence-corrected chi connectivity index (χ0v) is 17.1. The van der Waals surface area contributed by atoms with Gasteiger partial charge in [-0.1, -0.05) is 24.3 Å². The second-order valence-corrected chi connectivity index (χ2v) is 7.17. The monoisotopic (exact) mass is 403 g/mol. The summed E-state index contributed by atoms with van der Waals surface area (Å²) in [5, 5.41) is 2.21. The van der Waals surface area contributed by atoms with E-state index in [0.29, 0.717) is 25.5 Å². The highest BCUT2D eigenvalue weighted by Crippen LogP contribution is 2.29. The molecule has 0 unspecified atom stereocenters. The Morgan fingerprint density at radius 2 is 1.80 bits per heavy atom. The van der Waals surface area contributed by atoms with Crippen molar-refractivity contribution in [3.8, 4) is 17.2 Å². The Bertz CT molecular complexity index is 1120. The Hall–Kier alpha value is -3.34. The number of unbranched alkanes of at least 4 members (excludes halogenated alkanes) is 2. The van der Waals surface area contributed by atoms with Crippen molar-refractivity contribution < 1.29 is 18.7 Å². The summed E-state index contributed by atoms with van der Waals surface area (Å²) >= 11 is 0. The SMILES string of the molecule is CCOC(=O)CCCCCOc1ccc2cc(-c3nc4ccccc4o3)ccc2c1. The van der Waals surface area contributed by atoms with Crippen molar-refractivity contribution in [3.63, 3.8) is 0 Å². The van der Waals surface area contributed by atoms with Crippen LogP contribution in [-0.4, -0.2) is 24.2 Å². The third-order valence-electron chi connectivity index (χ3n) is 4.95. The summed E-state index contributed by atoms with van der Waals surface area (Å²) in [6.07, 6.45) is 3.17. The van der Waals surface area contributed by atoms with Gasteiger partial charge in [-0.15, -0.1) is 0 Å². The highest BCUT2D eigenvalue weighted by Gasteiger charge is 2.09. The van der Waals surface area contributed by atoms with E-state index >= 15 is 0 Å². The normalized spacial score (nSPS) is 11.1. The van der Waals surface area contributed by atoms with E-state index in [2.05, 4.69) is 23.2 Å². The Labute approximate surface area is 175 Å². The lowest BCUT2D eigenvalue weighted by Gasteiger charge is -2.08. The Morgan fingerprint density at radius 1 is 0.967 bits per heavy atom. The van der Waals surface area contributed by atoms with Crippen molar-refractivity contribution in [1.82, 2.24) is 4.98 Å². The maximum absolute atomic E-state index is 11.3. The van der Waals surface area contributed by atoms with Crippen LogP contribution < -0.4 is 4.74 Å². The van der Waals surface area contributed by atoms with Gasteiger partial charge in [0.15, 0.2) is 5.58 Å². The molecule has 0 bridgehead atoms. The van der Waals surface area contributed by atoms with E-state index < -0.39 is 0 Å². The molecule has 3 aromatic carbocycles. The first kappa shape index (κ1) is 20.0. The van der Waals surface area contributed by atoms with Gasteiger partial charge >= 0.3 is 5.97 Å². The average molecular weight is 403 g/mol. The van der Waals surface area contributed by atoms with Crippen LogP contribution in [-0.2, 0) is 9.53 Å². The van der Waals surface area contributed by atoms with Gasteiger partial charge in [0.25, 0.3) is 0 Å². The predicted molar refractivity (Wildman–Crippen MR) is 118 cm³/mol. The summed E-state index contributed by atoms with van der Waals surface area (Å²) < 4.78 is 16.7. The standard InChI is InChI=1S/C25H25NO4/c1-2-28-24(27)10-4-3-7-15-29-21-14-13-18-16-20(12-11-19(18)17-21)25-26-22-8-5-6-9-23(22)30-25/h5-6,8-9,11-14,16-17H,2-4,7,10,15H2,1H3. The molecule has 1 heterocycles. The lowest BCUT2D eigenvalue weighted by molar-refractivity contribution is -0.143. The molecule has 30 heavy (non-hydrogen) atoms. The molecule has 5 nitrogen and oxygen atoms in total. The van der Waals surface area contributed by atoms with Crippen LogP contribution in [0.5, 0.6) is 5.75 Å². The number of rotatable bonds is 9. The number of benzene rings is 3. The maximum atomic E-state index is 11.3. The molecule has 0 saturated heterocycles. The molecule has 5 heteroatoms. The number of oxazole rings is 1. The van der Waals surface area contributed by atoms with Crippen LogP contribution in [0, 0.1) is 0 Å². The number of nitrogens with zero attached hydrogens (tertiary/aromatic N) is 1. The van der Waals surface area contributed by atoms with Gasteiger partial charge in [0.2, 0.25) is 5.89 Å². The van der Waals surface area contributed by atoms with Crippen LogP contribution in [0.1, 0.15) is 32.6 Å². The molecule has 0 fully saturated rings. The van der Waals surface area contributed by atoms with Gasteiger partial charge in [0.05, 0.1) is 13.2 Å². The zero-order valence-electron chi connectivity index (χ0n) is 17.1. The van der Waals surface area contributed by atoms with Gasteiger partial charge < -0.3 is 13.9 Å². The molecule has 0 atom stereocenters. The lowest BCUT2D eigenvalue weighted by atomic mass is 10.1. The van der Waals surface area contributed by atoms with Gasteiger partial charge in [0, 0.05) is 12.0 Å². The quantitative estimate of drug-likeness (QED) is 0.248. The Morgan fingerprint density at radius 3 is 2.67 bits per heavy atom. The first-order valence-corrected chi connectivity index (χ1v) is 10.4. The number of esters is 1. The summed E-state index contributed by atoms with van der Waals surface area (Å²) in [5.74, 6) is 1.36. The smallest absolute Gasteiger partial charge is 0.305 e. The van der Waals surface area contributed by atoms with Gasteiger partial charge in [-0.25, -0.2) is 4.98 Å². The van der Waals surface area contributed by atoms with Crippen LogP contribution in [0.25, 0.3) is 33.3 Å². The molecule has 0 saturated carbocycles. The summed E-state index contributed by atoms with van der Waals surface area (Å²) in [4.78, 5) is 15.9. The minimum Gasteiger partial charge on any atom is -0.494 e. The summed E-state index contributed by atoms with van der Waals surface area (Å²) in [5.41, 5.74) is 2.60. The zero-order chi connectivity index (χ0) is 20.8. The minimum absolute atomic E-state index is 0.120. The second kappa shape index (κ2) is 9.44. The molecule has 1 aromatic heterocycles. The van der Waals surface area contributed by atoms with Crippen molar-refractivity contribution in [3.05, 3.63) is 60.7 Å². The van der Waals surface area contributed by atoms with E-state index in [1.807, 2.05) is 49.4 Å². The number of hydrogen-bond acceptors (Lipinski definition) is 5. The molecule has 0 aliphatic rings. The molecular formula is C25H25NO4. The first-order valence-electron chi connectivity index (χ1n) is 10.4. The molecule has 0 spiro atoms.